The minimum absolute atomic E-state index is 0.0590. The summed E-state index contributed by atoms with van der Waals surface area (Å²) in [5, 5.41) is 14.9. The third-order valence-corrected chi connectivity index (χ3v) is 4.71. The van der Waals surface area contributed by atoms with Crippen molar-refractivity contribution in [2.24, 2.45) is 0 Å². The molecule has 2 aromatic rings. The van der Waals surface area contributed by atoms with Crippen molar-refractivity contribution < 1.29 is 14.5 Å². The van der Waals surface area contributed by atoms with E-state index in [0.29, 0.717) is 31.9 Å². The highest BCUT2D eigenvalue weighted by Gasteiger charge is 2.24. The van der Waals surface area contributed by atoms with Gasteiger partial charge >= 0.3 is 0 Å². The van der Waals surface area contributed by atoms with E-state index in [1.165, 1.54) is 0 Å². The first-order valence-electron chi connectivity index (χ1n) is 8.19. The summed E-state index contributed by atoms with van der Waals surface area (Å²) in [6.07, 6.45) is 0. The maximum atomic E-state index is 12.4. The molecule has 0 radical (unpaired) electrons. The van der Waals surface area contributed by atoms with E-state index in [-0.39, 0.29) is 18.4 Å². The second-order valence-corrected chi connectivity index (χ2v) is 6.88. The number of para-hydroxylation sites is 1. The van der Waals surface area contributed by atoms with Crippen molar-refractivity contribution in [1.82, 2.24) is 0 Å². The van der Waals surface area contributed by atoms with Crippen LogP contribution < -0.4 is 15.5 Å². The SMILES string of the molecule is C[C@H](C(=O)Nc1ccc(C#N)cc1)[NH+](C)CC(=O)Nc1c(Cl)cccc1Cl. The van der Waals surface area contributed by atoms with Crippen LogP contribution in [0, 0.1) is 11.3 Å². The highest BCUT2D eigenvalue weighted by molar-refractivity contribution is 6.39. The average molecular weight is 406 g/mol. The topological polar surface area (TPSA) is 86.4 Å². The number of carbonyl (C=O) groups is 2. The molecule has 0 saturated carbocycles. The summed E-state index contributed by atoms with van der Waals surface area (Å²) in [5.41, 5.74) is 1.46. The lowest BCUT2D eigenvalue weighted by molar-refractivity contribution is -0.885. The average Bonchev–Trinajstić information content (AvgIpc) is 2.64. The third kappa shape index (κ3) is 5.69. The van der Waals surface area contributed by atoms with E-state index in [1.807, 2.05) is 6.07 Å². The molecule has 27 heavy (non-hydrogen) atoms. The van der Waals surface area contributed by atoms with Crippen LogP contribution in [-0.4, -0.2) is 31.4 Å². The standard InChI is InChI=1S/C19H18Cl2N4O2/c1-12(19(27)23-14-8-6-13(10-22)7-9-14)25(2)11-17(26)24-18-15(20)4-3-5-16(18)21/h3-9,12H,11H2,1-2H3,(H,23,27)(H,24,26)/p+1/t12-/m1/s1. The van der Waals surface area contributed by atoms with Crippen molar-refractivity contribution in [1.29, 1.82) is 5.26 Å². The third-order valence-electron chi connectivity index (χ3n) is 4.08. The number of anilines is 2. The molecule has 0 aliphatic carbocycles. The van der Waals surface area contributed by atoms with Crippen molar-refractivity contribution in [3.05, 3.63) is 58.1 Å². The van der Waals surface area contributed by atoms with Crippen molar-refractivity contribution in [3.63, 3.8) is 0 Å². The number of rotatable bonds is 6. The van der Waals surface area contributed by atoms with E-state index in [2.05, 4.69) is 10.6 Å². The lowest BCUT2D eigenvalue weighted by atomic mass is 10.2. The monoisotopic (exact) mass is 405 g/mol. The summed E-state index contributed by atoms with van der Waals surface area (Å²) in [4.78, 5) is 25.4. The first-order chi connectivity index (χ1) is 12.8. The molecular formula is C19H19Cl2N4O2+. The van der Waals surface area contributed by atoms with Crippen LogP contribution in [0.15, 0.2) is 42.5 Å². The molecule has 3 N–H and O–H groups in total. The molecule has 0 aromatic heterocycles. The van der Waals surface area contributed by atoms with Gasteiger partial charge in [-0.2, -0.15) is 5.26 Å². The Bertz CT molecular complexity index is 858. The minimum Gasteiger partial charge on any atom is -0.321 e. The molecule has 0 spiro atoms. The number of likely N-dealkylation sites (N-methyl/N-ethyl adjacent to an activating group) is 1. The van der Waals surface area contributed by atoms with Gasteiger partial charge in [0.1, 0.15) is 0 Å². The summed E-state index contributed by atoms with van der Waals surface area (Å²) in [6.45, 7) is 1.79. The Morgan fingerprint density at radius 2 is 1.70 bits per heavy atom. The van der Waals surface area contributed by atoms with Crippen molar-refractivity contribution in [3.8, 4) is 6.07 Å². The Morgan fingerprint density at radius 1 is 1.11 bits per heavy atom. The molecule has 2 atom stereocenters. The zero-order chi connectivity index (χ0) is 20.0. The second-order valence-electron chi connectivity index (χ2n) is 6.07. The van der Waals surface area contributed by atoms with E-state index in [4.69, 9.17) is 28.5 Å². The molecule has 2 rings (SSSR count). The predicted octanol–water partition coefficient (Wildman–Crippen LogP) is 2.35. The van der Waals surface area contributed by atoms with Gasteiger partial charge < -0.3 is 15.5 Å². The lowest BCUT2D eigenvalue weighted by Gasteiger charge is -2.21. The van der Waals surface area contributed by atoms with Gasteiger partial charge in [0.25, 0.3) is 11.8 Å². The molecule has 0 saturated heterocycles. The minimum atomic E-state index is -0.479. The number of nitrogens with zero attached hydrogens (tertiary/aromatic N) is 1. The van der Waals surface area contributed by atoms with Gasteiger partial charge in [-0.15, -0.1) is 0 Å². The molecule has 140 valence electrons. The first-order valence-corrected chi connectivity index (χ1v) is 8.94. The van der Waals surface area contributed by atoms with Crippen LogP contribution in [0.2, 0.25) is 10.0 Å². The fourth-order valence-corrected chi connectivity index (χ4v) is 2.80. The fourth-order valence-electron chi connectivity index (χ4n) is 2.31. The van der Waals surface area contributed by atoms with Crippen LogP contribution in [0.1, 0.15) is 12.5 Å². The number of hydrogen-bond donors (Lipinski definition) is 3. The molecule has 0 aliphatic heterocycles. The van der Waals surface area contributed by atoms with Crippen LogP contribution in [0.25, 0.3) is 0 Å². The van der Waals surface area contributed by atoms with Crippen LogP contribution in [-0.2, 0) is 9.59 Å². The maximum absolute atomic E-state index is 12.4. The van der Waals surface area contributed by atoms with Gasteiger partial charge in [-0.05, 0) is 43.3 Å². The van der Waals surface area contributed by atoms with Crippen LogP contribution in [0.4, 0.5) is 11.4 Å². The summed E-state index contributed by atoms with van der Waals surface area (Å²) >= 11 is 12.1. The molecule has 0 bridgehead atoms. The molecule has 8 heteroatoms. The van der Waals surface area contributed by atoms with Gasteiger partial charge in [-0.1, -0.05) is 29.3 Å². The van der Waals surface area contributed by atoms with Gasteiger partial charge in [0, 0.05) is 5.69 Å². The van der Waals surface area contributed by atoms with E-state index >= 15 is 0 Å². The Morgan fingerprint density at radius 3 is 2.26 bits per heavy atom. The summed E-state index contributed by atoms with van der Waals surface area (Å²) in [7, 11) is 1.75. The van der Waals surface area contributed by atoms with Crippen molar-refractivity contribution >= 4 is 46.4 Å². The molecule has 2 amide bonds. The zero-order valence-electron chi connectivity index (χ0n) is 14.8. The molecule has 0 heterocycles. The van der Waals surface area contributed by atoms with Crippen LogP contribution in [0.5, 0.6) is 0 Å². The zero-order valence-corrected chi connectivity index (χ0v) is 16.4. The van der Waals surface area contributed by atoms with E-state index in [0.717, 1.165) is 0 Å². The smallest absolute Gasteiger partial charge is 0.282 e. The number of halogens is 2. The molecule has 2 aromatic carbocycles. The summed E-state index contributed by atoms with van der Waals surface area (Å²) < 4.78 is 0. The number of carbonyl (C=O) groups excluding carboxylic acids is 2. The number of hydrogen-bond acceptors (Lipinski definition) is 3. The predicted molar refractivity (Wildman–Crippen MR) is 106 cm³/mol. The second kappa shape index (κ2) is 9.38. The molecule has 0 fully saturated rings. The summed E-state index contributed by atoms with van der Waals surface area (Å²) in [5.74, 6) is -0.540. The Balaban J connectivity index is 1.93. The number of nitrogens with one attached hydrogen (secondary N) is 3. The summed E-state index contributed by atoms with van der Waals surface area (Å²) in [6, 6.07) is 13.1. The van der Waals surface area contributed by atoms with Gasteiger partial charge in [-0.3, -0.25) is 9.59 Å². The van der Waals surface area contributed by atoms with Crippen LogP contribution in [0.3, 0.4) is 0 Å². The highest BCUT2D eigenvalue weighted by atomic mass is 35.5. The maximum Gasteiger partial charge on any atom is 0.282 e. The van der Waals surface area contributed by atoms with E-state index in [9.17, 15) is 9.59 Å². The van der Waals surface area contributed by atoms with Gasteiger partial charge in [0.05, 0.1) is 34.4 Å². The Kier molecular flexibility index (Phi) is 7.19. The molecule has 1 unspecified atom stereocenters. The van der Waals surface area contributed by atoms with Gasteiger partial charge in [0.15, 0.2) is 12.6 Å². The Hall–Kier alpha value is -2.59. The normalized spacial score (nSPS) is 12.6. The molecule has 0 aliphatic rings. The van der Waals surface area contributed by atoms with E-state index < -0.39 is 6.04 Å². The van der Waals surface area contributed by atoms with Crippen LogP contribution >= 0.6 is 23.2 Å². The largest absolute Gasteiger partial charge is 0.321 e. The molecule has 6 nitrogen and oxygen atoms in total. The number of quaternary nitrogens is 1. The number of benzene rings is 2. The Labute approximate surface area is 167 Å². The number of nitriles is 1. The quantitative estimate of drug-likeness (QED) is 0.689. The fraction of sp³-hybridized carbons (Fsp3) is 0.211. The highest BCUT2D eigenvalue weighted by Crippen LogP contribution is 2.29. The molecular weight excluding hydrogens is 387 g/mol. The van der Waals surface area contributed by atoms with Crippen molar-refractivity contribution in [2.45, 2.75) is 13.0 Å². The van der Waals surface area contributed by atoms with Gasteiger partial charge in [-0.25, -0.2) is 0 Å². The first kappa shape index (κ1) is 20.7. The van der Waals surface area contributed by atoms with Crippen molar-refractivity contribution in [2.75, 3.05) is 24.2 Å². The lowest BCUT2D eigenvalue weighted by Crippen LogP contribution is -3.14. The van der Waals surface area contributed by atoms with E-state index in [1.54, 1.807) is 56.4 Å². The van der Waals surface area contributed by atoms with Gasteiger partial charge in [0.2, 0.25) is 0 Å². The number of amides is 2.